The van der Waals surface area contributed by atoms with E-state index in [-0.39, 0.29) is 0 Å². The number of rotatable bonds is 24. The molecule has 0 amide bonds. The summed E-state index contributed by atoms with van der Waals surface area (Å²) in [7, 11) is 0. The minimum Gasteiger partial charge on any atom is -0.478 e. The molecular weight excluding hydrogens is 444 g/mol. The number of aliphatic hydroxyl groups excluding tert-OH is 4. The average molecular weight is 501 g/mol. The van der Waals surface area contributed by atoms with Crippen LogP contribution in [0.3, 0.4) is 0 Å². The van der Waals surface area contributed by atoms with E-state index in [1.165, 1.54) is 115 Å². The van der Waals surface area contributed by atoms with Crippen LogP contribution in [0.15, 0.2) is 24.3 Å². The molecule has 0 spiro atoms. The molecule has 0 aromatic heterocycles. The third-order valence-electron chi connectivity index (χ3n) is 6.30. The van der Waals surface area contributed by atoms with Crippen molar-refractivity contribution in [3.63, 3.8) is 0 Å². The maximum Gasteiger partial charge on any atom is 0.328 e. The van der Waals surface area contributed by atoms with Crippen LogP contribution in [-0.4, -0.2) is 57.9 Å². The van der Waals surface area contributed by atoms with Crippen molar-refractivity contribution in [1.82, 2.24) is 0 Å². The molecule has 0 fully saturated rings. The molecule has 0 aliphatic carbocycles. The largest absolute Gasteiger partial charge is 0.478 e. The van der Waals surface area contributed by atoms with Gasteiger partial charge in [0.2, 0.25) is 0 Å². The van der Waals surface area contributed by atoms with Crippen molar-refractivity contribution in [2.45, 2.75) is 122 Å². The fraction of sp³-hybridized carbons (Fsp3) is 0.828. The molecule has 0 unspecified atom stereocenters. The lowest BCUT2D eigenvalue weighted by atomic mass is 9.93. The highest BCUT2D eigenvalue weighted by molar-refractivity contribution is 5.80. The zero-order valence-electron chi connectivity index (χ0n) is 22.5. The Morgan fingerprint density at radius 2 is 0.914 bits per heavy atom. The molecule has 0 radical (unpaired) electrons. The molecule has 35 heavy (non-hydrogen) atoms. The molecule has 208 valence electrons. The predicted molar refractivity (Wildman–Crippen MR) is 145 cm³/mol. The summed E-state index contributed by atoms with van der Waals surface area (Å²) in [6.07, 6.45) is 31.5. The van der Waals surface area contributed by atoms with Crippen molar-refractivity contribution in [3.8, 4) is 0 Å². The number of unbranched alkanes of at least 4 members (excludes halogenated alkanes) is 17. The van der Waals surface area contributed by atoms with Crippen LogP contribution in [0.25, 0.3) is 0 Å². The van der Waals surface area contributed by atoms with E-state index in [4.69, 9.17) is 25.5 Å². The number of hydrogen-bond donors (Lipinski definition) is 5. The fourth-order valence-electron chi connectivity index (χ4n) is 3.60. The zero-order valence-corrected chi connectivity index (χ0v) is 22.5. The Morgan fingerprint density at radius 3 is 1.20 bits per heavy atom. The van der Waals surface area contributed by atoms with Crippen LogP contribution < -0.4 is 0 Å². The number of aliphatic hydroxyl groups is 4. The minimum atomic E-state index is -1.11. The molecule has 0 aliphatic rings. The maximum absolute atomic E-state index is 10.3. The lowest BCUT2D eigenvalue weighted by Gasteiger charge is -2.23. The summed E-state index contributed by atoms with van der Waals surface area (Å²) in [6, 6.07) is 0. The van der Waals surface area contributed by atoms with E-state index in [2.05, 4.69) is 13.0 Å². The topological polar surface area (TPSA) is 118 Å². The predicted octanol–water partition coefficient (Wildman–Crippen LogP) is 6.17. The first kappa shape index (κ1) is 35.9. The van der Waals surface area contributed by atoms with Crippen molar-refractivity contribution in [1.29, 1.82) is 0 Å². The van der Waals surface area contributed by atoms with Gasteiger partial charge < -0.3 is 25.5 Å². The minimum absolute atomic E-state index is 0.406. The van der Waals surface area contributed by atoms with E-state index in [1.807, 2.05) is 6.08 Å². The van der Waals surface area contributed by atoms with Gasteiger partial charge in [0.05, 0.1) is 31.8 Å². The third kappa shape index (κ3) is 27.2. The number of carboxylic acids is 1. The van der Waals surface area contributed by atoms with Gasteiger partial charge in [0.25, 0.3) is 0 Å². The van der Waals surface area contributed by atoms with Gasteiger partial charge in [0.15, 0.2) is 0 Å². The molecular formula is C29H56O6. The Bertz CT molecular complexity index is 468. The van der Waals surface area contributed by atoms with Crippen molar-refractivity contribution in [2.24, 2.45) is 5.41 Å². The summed E-state index contributed by atoms with van der Waals surface area (Å²) >= 11 is 0. The molecule has 0 atom stereocenters. The highest BCUT2D eigenvalue weighted by Gasteiger charge is 2.26. The van der Waals surface area contributed by atoms with Crippen LogP contribution in [0.4, 0.5) is 0 Å². The van der Waals surface area contributed by atoms with Crippen LogP contribution in [0.5, 0.6) is 0 Å². The Hall–Kier alpha value is -1.21. The first-order valence-electron chi connectivity index (χ1n) is 14.0. The quantitative estimate of drug-likeness (QED) is 0.0614. The second kappa shape index (κ2) is 29.0. The highest BCUT2D eigenvalue weighted by Crippen LogP contribution is 2.14. The van der Waals surface area contributed by atoms with Gasteiger partial charge in [0, 0.05) is 6.08 Å². The number of carboxylic acid groups (broad SMARTS) is 1. The average Bonchev–Trinajstić information content (AvgIpc) is 2.87. The van der Waals surface area contributed by atoms with Crippen molar-refractivity contribution in [2.75, 3.05) is 26.4 Å². The van der Waals surface area contributed by atoms with Gasteiger partial charge in [-0.3, -0.25) is 0 Å². The Balaban J connectivity index is 0. The van der Waals surface area contributed by atoms with Crippen LogP contribution in [0, 0.1) is 5.41 Å². The Morgan fingerprint density at radius 1 is 0.571 bits per heavy atom. The number of allylic oxidation sites excluding steroid dienone is 3. The molecule has 5 N–H and O–H groups in total. The van der Waals surface area contributed by atoms with Crippen molar-refractivity contribution >= 4 is 5.97 Å². The van der Waals surface area contributed by atoms with E-state index >= 15 is 0 Å². The van der Waals surface area contributed by atoms with E-state index in [0.29, 0.717) is 0 Å². The molecule has 0 heterocycles. The standard InChI is InChI=1S/C24H44O2.C5H12O4/c1-2-3-4-5-6-7-8-9-10-11-12-13-14-15-16-17-18-19-20-21-22-23-24(25)26;6-1-5(2-7,3-8)4-9/h20-23H,2-19H2,1H3,(H,25,26);6-9H,1-4H2. The molecule has 0 rings (SSSR count). The summed E-state index contributed by atoms with van der Waals surface area (Å²) in [5.41, 5.74) is -1.11. The molecule has 0 aliphatic heterocycles. The normalized spacial score (nSPS) is 11.8. The molecule has 6 nitrogen and oxygen atoms in total. The van der Waals surface area contributed by atoms with Gasteiger partial charge in [-0.2, -0.15) is 0 Å². The number of carbonyl (C=O) groups is 1. The number of aliphatic carboxylic acids is 1. The smallest absolute Gasteiger partial charge is 0.328 e. The Labute approximate surface area is 215 Å². The van der Waals surface area contributed by atoms with Crippen LogP contribution in [-0.2, 0) is 4.79 Å². The summed E-state index contributed by atoms with van der Waals surface area (Å²) in [6.45, 7) is 0.658. The monoisotopic (exact) mass is 500 g/mol. The summed E-state index contributed by atoms with van der Waals surface area (Å²) in [5, 5.41) is 42.4. The zero-order chi connectivity index (χ0) is 26.5. The third-order valence-corrected chi connectivity index (χ3v) is 6.30. The van der Waals surface area contributed by atoms with Gasteiger partial charge in [-0.05, 0) is 12.8 Å². The lowest BCUT2D eigenvalue weighted by Crippen LogP contribution is -2.37. The maximum atomic E-state index is 10.3. The first-order valence-corrected chi connectivity index (χ1v) is 14.0. The van der Waals surface area contributed by atoms with Crippen LogP contribution >= 0.6 is 0 Å². The van der Waals surface area contributed by atoms with Gasteiger partial charge in [-0.15, -0.1) is 0 Å². The van der Waals surface area contributed by atoms with E-state index < -0.39 is 37.8 Å². The van der Waals surface area contributed by atoms with Gasteiger partial charge in [0.1, 0.15) is 0 Å². The summed E-state index contributed by atoms with van der Waals surface area (Å²) in [4.78, 5) is 10.3. The summed E-state index contributed by atoms with van der Waals surface area (Å²) in [5.74, 6) is -0.882. The van der Waals surface area contributed by atoms with E-state index in [1.54, 1.807) is 6.08 Å². The molecule has 0 bridgehead atoms. The second-order valence-electron chi connectivity index (χ2n) is 9.70. The van der Waals surface area contributed by atoms with Gasteiger partial charge >= 0.3 is 5.97 Å². The van der Waals surface area contributed by atoms with Gasteiger partial charge in [-0.25, -0.2) is 4.79 Å². The molecule has 6 heteroatoms. The molecule has 0 saturated heterocycles. The van der Waals surface area contributed by atoms with Crippen molar-refractivity contribution < 1.29 is 30.3 Å². The van der Waals surface area contributed by atoms with E-state index in [9.17, 15) is 4.79 Å². The van der Waals surface area contributed by atoms with Crippen LogP contribution in [0.1, 0.15) is 122 Å². The summed E-state index contributed by atoms with van der Waals surface area (Å²) < 4.78 is 0. The van der Waals surface area contributed by atoms with Crippen LogP contribution in [0.2, 0.25) is 0 Å². The molecule has 0 aromatic rings. The SMILES string of the molecule is CCCCCCCCCCCCCCCCCCCC=CC=CC(=O)O.OCC(CO)(CO)CO. The number of hydrogen-bond acceptors (Lipinski definition) is 5. The highest BCUT2D eigenvalue weighted by atomic mass is 16.4. The lowest BCUT2D eigenvalue weighted by molar-refractivity contribution is -0.131. The molecule has 0 aromatic carbocycles. The van der Waals surface area contributed by atoms with Crippen molar-refractivity contribution in [3.05, 3.63) is 24.3 Å². The second-order valence-corrected chi connectivity index (χ2v) is 9.70. The van der Waals surface area contributed by atoms with E-state index in [0.717, 1.165) is 6.42 Å². The van der Waals surface area contributed by atoms with Gasteiger partial charge in [-0.1, -0.05) is 128 Å². The fourth-order valence-corrected chi connectivity index (χ4v) is 3.60. The Kier molecular flexibility index (Phi) is 29.8. The first-order chi connectivity index (χ1) is 17.0. The molecule has 0 saturated carbocycles.